The van der Waals surface area contributed by atoms with Gasteiger partial charge in [-0.3, -0.25) is 0 Å². The first kappa shape index (κ1) is 21.4. The van der Waals surface area contributed by atoms with Crippen molar-refractivity contribution in [2.24, 2.45) is 0 Å². The van der Waals surface area contributed by atoms with Crippen molar-refractivity contribution < 1.29 is 19.0 Å². The Morgan fingerprint density at radius 2 is 2.03 bits per heavy atom. The van der Waals surface area contributed by atoms with Gasteiger partial charge in [-0.15, -0.1) is 11.3 Å². The molecule has 4 rings (SSSR count). The molecule has 1 unspecified atom stereocenters. The molecule has 3 aromatic rings. The highest BCUT2D eigenvalue weighted by atomic mass is 35.5. The molecule has 2 N–H and O–H groups in total. The van der Waals surface area contributed by atoms with Crippen LogP contribution >= 0.6 is 22.9 Å². The van der Waals surface area contributed by atoms with Crippen LogP contribution in [-0.2, 0) is 4.74 Å². The molecule has 3 atom stereocenters. The molecule has 31 heavy (non-hydrogen) atoms. The summed E-state index contributed by atoms with van der Waals surface area (Å²) in [5.74, 6) is -0.899. The number of nitrogens with one attached hydrogen (secondary N) is 1. The van der Waals surface area contributed by atoms with Crippen LogP contribution < -0.4 is 10.2 Å². The van der Waals surface area contributed by atoms with Crippen LogP contribution in [0.5, 0.6) is 0 Å². The fraction of sp³-hybridized carbons (Fsp3) is 0.300. The van der Waals surface area contributed by atoms with Gasteiger partial charge in [0.1, 0.15) is 17.7 Å². The molecule has 2 aromatic heterocycles. The number of amides is 1. The second-order valence-corrected chi connectivity index (χ2v) is 8.56. The van der Waals surface area contributed by atoms with E-state index in [1.54, 1.807) is 18.3 Å². The summed E-state index contributed by atoms with van der Waals surface area (Å²) in [4.78, 5) is 26.6. The maximum absolute atomic E-state index is 14.4. The van der Waals surface area contributed by atoms with Crippen molar-refractivity contribution in [1.29, 1.82) is 0 Å². The van der Waals surface area contributed by atoms with Gasteiger partial charge in [0.2, 0.25) is 5.95 Å². The van der Waals surface area contributed by atoms with Crippen molar-refractivity contribution in [2.45, 2.75) is 32.0 Å². The zero-order chi connectivity index (χ0) is 22.1. The summed E-state index contributed by atoms with van der Waals surface area (Å²) in [5, 5.41) is 14.5. The van der Waals surface area contributed by atoms with Crippen LogP contribution in [0.2, 0.25) is 5.02 Å². The number of rotatable bonds is 6. The van der Waals surface area contributed by atoms with Crippen molar-refractivity contribution >= 4 is 40.8 Å². The van der Waals surface area contributed by atoms with Crippen molar-refractivity contribution in [1.82, 2.24) is 15.0 Å². The maximum atomic E-state index is 14.4. The molecular weight excluding hydrogens is 445 g/mol. The number of ether oxygens (including phenoxy) is 1. The van der Waals surface area contributed by atoms with Crippen LogP contribution in [-0.4, -0.2) is 44.9 Å². The quantitative estimate of drug-likeness (QED) is 0.563. The number of benzene rings is 1. The number of aliphatic hydroxyl groups is 1. The number of carbonyl (C=O) groups is 1. The minimum atomic E-state index is -0.917. The number of hydrogen-bond acceptors (Lipinski definition) is 8. The third-order valence-corrected chi connectivity index (χ3v) is 6.28. The highest BCUT2D eigenvalue weighted by Gasteiger charge is 2.39. The van der Waals surface area contributed by atoms with Gasteiger partial charge in [-0.2, -0.15) is 4.98 Å². The number of carbonyl (C=O) groups excluding carboxylic acids is 1. The summed E-state index contributed by atoms with van der Waals surface area (Å²) in [6, 6.07) is 6.44. The van der Waals surface area contributed by atoms with Gasteiger partial charge < -0.3 is 15.2 Å². The lowest BCUT2D eigenvalue weighted by Gasteiger charge is -2.23. The molecule has 0 bridgehead atoms. The summed E-state index contributed by atoms with van der Waals surface area (Å²) in [6.45, 7) is 3.35. The standard InChI is InChI=1S/C20H19ClFN5O3S/c1-10(16-8-23-18(31-16)12-3-5-13(21)6-4-12)25-19-24-7-14(22)17(26-19)27-15(11(2)28)9-30-20(27)29/h3-8,10-11,15,28H,9H2,1-2H3,(H,24,25,26)/t10-,11+,15?/m0/s1. The van der Waals surface area contributed by atoms with Crippen LogP contribution in [0.25, 0.3) is 10.6 Å². The minimum Gasteiger partial charge on any atom is -0.447 e. The monoisotopic (exact) mass is 463 g/mol. The van der Waals surface area contributed by atoms with Crippen LogP contribution in [0.4, 0.5) is 21.0 Å². The molecule has 0 radical (unpaired) electrons. The Kier molecular flexibility index (Phi) is 6.03. The Labute approximate surface area is 186 Å². The average Bonchev–Trinajstić information content (AvgIpc) is 3.37. The average molecular weight is 464 g/mol. The lowest BCUT2D eigenvalue weighted by molar-refractivity contribution is 0.142. The topological polar surface area (TPSA) is 100 Å². The third-order valence-electron chi connectivity index (χ3n) is 4.80. The van der Waals surface area contributed by atoms with Gasteiger partial charge in [-0.05, 0) is 26.0 Å². The summed E-state index contributed by atoms with van der Waals surface area (Å²) < 4.78 is 19.4. The molecule has 0 spiro atoms. The molecular formula is C20H19ClFN5O3S. The van der Waals surface area contributed by atoms with Gasteiger partial charge in [0.15, 0.2) is 11.6 Å². The number of aliphatic hydroxyl groups excluding tert-OH is 1. The lowest BCUT2D eigenvalue weighted by atomic mass is 10.2. The summed E-state index contributed by atoms with van der Waals surface area (Å²) in [5.41, 5.74) is 0.949. The van der Waals surface area contributed by atoms with Gasteiger partial charge in [-0.1, -0.05) is 23.7 Å². The zero-order valence-electron chi connectivity index (χ0n) is 16.6. The van der Waals surface area contributed by atoms with E-state index in [0.717, 1.165) is 26.5 Å². The van der Waals surface area contributed by atoms with E-state index in [4.69, 9.17) is 16.3 Å². The van der Waals surface area contributed by atoms with Crippen molar-refractivity contribution in [3.8, 4) is 10.6 Å². The Hall–Kier alpha value is -2.82. The molecule has 0 saturated carbocycles. The number of cyclic esters (lactones) is 1. The highest BCUT2D eigenvalue weighted by Crippen LogP contribution is 2.31. The molecule has 1 saturated heterocycles. The van der Waals surface area contributed by atoms with Crippen molar-refractivity contribution in [2.75, 3.05) is 16.8 Å². The van der Waals surface area contributed by atoms with E-state index < -0.39 is 24.1 Å². The van der Waals surface area contributed by atoms with E-state index >= 15 is 0 Å². The van der Waals surface area contributed by atoms with Gasteiger partial charge in [0.25, 0.3) is 0 Å². The molecule has 1 aliphatic rings. The Bertz CT molecular complexity index is 1090. The lowest BCUT2D eigenvalue weighted by Crippen LogP contribution is -2.42. The number of thiazole rings is 1. The normalized spacial score (nSPS) is 18.0. The first-order valence-corrected chi connectivity index (χ1v) is 10.7. The number of aromatic nitrogens is 3. The number of anilines is 2. The van der Waals surface area contributed by atoms with Crippen molar-refractivity contribution in [3.63, 3.8) is 0 Å². The van der Waals surface area contributed by atoms with Gasteiger partial charge in [-0.25, -0.2) is 24.1 Å². The largest absolute Gasteiger partial charge is 0.447 e. The van der Waals surface area contributed by atoms with Crippen LogP contribution in [0.15, 0.2) is 36.7 Å². The predicted molar refractivity (Wildman–Crippen MR) is 116 cm³/mol. The molecule has 0 aliphatic carbocycles. The van der Waals surface area contributed by atoms with Crippen LogP contribution in [0, 0.1) is 5.82 Å². The predicted octanol–water partition coefficient (Wildman–Crippen LogP) is 4.27. The van der Waals surface area contributed by atoms with Gasteiger partial charge in [0, 0.05) is 21.7 Å². The fourth-order valence-electron chi connectivity index (χ4n) is 3.11. The molecule has 1 aliphatic heterocycles. The molecule has 1 aromatic carbocycles. The number of nitrogens with zero attached hydrogens (tertiary/aromatic N) is 4. The van der Waals surface area contributed by atoms with Crippen LogP contribution in [0.3, 0.4) is 0 Å². The van der Waals surface area contributed by atoms with E-state index in [2.05, 4.69) is 20.3 Å². The third kappa shape index (κ3) is 4.46. The van der Waals surface area contributed by atoms with E-state index in [-0.39, 0.29) is 24.4 Å². The minimum absolute atomic E-state index is 0.0482. The van der Waals surface area contributed by atoms with E-state index in [1.807, 2.05) is 19.1 Å². The van der Waals surface area contributed by atoms with Crippen molar-refractivity contribution in [3.05, 3.63) is 52.4 Å². The zero-order valence-corrected chi connectivity index (χ0v) is 18.2. The Morgan fingerprint density at radius 1 is 1.29 bits per heavy atom. The first-order valence-electron chi connectivity index (χ1n) is 9.48. The molecule has 1 amide bonds. The second kappa shape index (κ2) is 8.74. The molecule has 11 heteroatoms. The first-order chi connectivity index (χ1) is 14.8. The highest BCUT2D eigenvalue weighted by molar-refractivity contribution is 7.15. The SMILES string of the molecule is C[C@H](Nc1ncc(F)c(N2C(=O)OCC2[C@@H](C)O)n1)c1cnc(-c2ccc(Cl)cc2)s1. The van der Waals surface area contributed by atoms with E-state index in [0.29, 0.717) is 5.02 Å². The molecule has 1 fully saturated rings. The van der Waals surface area contributed by atoms with Crippen LogP contribution in [0.1, 0.15) is 24.8 Å². The molecule has 8 nitrogen and oxygen atoms in total. The smallest absolute Gasteiger partial charge is 0.416 e. The maximum Gasteiger partial charge on any atom is 0.416 e. The van der Waals surface area contributed by atoms with E-state index in [9.17, 15) is 14.3 Å². The second-order valence-electron chi connectivity index (χ2n) is 7.06. The fourth-order valence-corrected chi connectivity index (χ4v) is 4.16. The van der Waals surface area contributed by atoms with E-state index in [1.165, 1.54) is 18.3 Å². The summed E-state index contributed by atoms with van der Waals surface area (Å²) >= 11 is 7.43. The number of halogens is 2. The Morgan fingerprint density at radius 3 is 2.74 bits per heavy atom. The molecule has 3 heterocycles. The summed E-state index contributed by atoms with van der Waals surface area (Å²) in [6.07, 6.45) is 1.04. The number of hydrogen-bond donors (Lipinski definition) is 2. The van der Waals surface area contributed by atoms with Gasteiger partial charge in [0.05, 0.1) is 18.3 Å². The van der Waals surface area contributed by atoms with Gasteiger partial charge >= 0.3 is 6.09 Å². The Balaban J connectivity index is 1.54. The molecule has 162 valence electrons. The summed E-state index contributed by atoms with van der Waals surface area (Å²) in [7, 11) is 0.